The number of hydrogen-bond donors (Lipinski definition) is 1. The van der Waals surface area contributed by atoms with Crippen LogP contribution in [0.4, 0.5) is 0 Å². The molecule has 2 aliphatic rings. The zero-order valence-corrected chi connectivity index (χ0v) is 12.5. The molecule has 0 amide bonds. The fraction of sp³-hybridized carbons (Fsp3) is 1.00. The first kappa shape index (κ1) is 13.7. The second kappa shape index (κ2) is 5.97. The van der Waals surface area contributed by atoms with Crippen molar-refractivity contribution in [3.05, 3.63) is 0 Å². The van der Waals surface area contributed by atoms with Gasteiger partial charge in [0.25, 0.3) is 0 Å². The highest BCUT2D eigenvalue weighted by Gasteiger charge is 2.34. The minimum absolute atomic E-state index is 0.540. The molecule has 1 aliphatic carbocycles. The van der Waals surface area contributed by atoms with Gasteiger partial charge in [-0.3, -0.25) is 0 Å². The predicted octanol–water partition coefficient (Wildman–Crippen LogP) is 3.84. The number of nitrogens with zero attached hydrogens (tertiary/aromatic N) is 1. The zero-order valence-electron chi connectivity index (χ0n) is 11.6. The summed E-state index contributed by atoms with van der Waals surface area (Å²) in [5, 5.41) is 0. The summed E-state index contributed by atoms with van der Waals surface area (Å²) in [5.74, 6) is 2.87. The molecule has 2 unspecified atom stereocenters. The van der Waals surface area contributed by atoms with Gasteiger partial charge in [0.1, 0.15) is 0 Å². The van der Waals surface area contributed by atoms with Crippen LogP contribution in [0.3, 0.4) is 0 Å². The van der Waals surface area contributed by atoms with Crippen molar-refractivity contribution < 1.29 is 0 Å². The van der Waals surface area contributed by atoms with Crippen LogP contribution in [0.2, 0.25) is 0 Å². The molecular weight excluding hydrogens is 226 g/mol. The van der Waals surface area contributed by atoms with Crippen LogP contribution in [-0.2, 0) is 0 Å². The second-order valence-electron chi connectivity index (χ2n) is 6.86. The van der Waals surface area contributed by atoms with E-state index in [-0.39, 0.29) is 0 Å². The largest absolute Gasteiger partial charge is 0.302 e. The van der Waals surface area contributed by atoms with Crippen LogP contribution in [0, 0.1) is 17.3 Å². The molecule has 1 saturated heterocycles. The monoisotopic (exact) mass is 255 g/mol. The summed E-state index contributed by atoms with van der Waals surface area (Å²) in [6.07, 6.45) is 8.55. The highest BCUT2D eigenvalue weighted by molar-refractivity contribution is 7.80. The molecule has 0 bridgehead atoms. The number of rotatable bonds is 3. The lowest BCUT2D eigenvalue weighted by Crippen LogP contribution is -2.46. The van der Waals surface area contributed by atoms with Gasteiger partial charge in [0.2, 0.25) is 0 Å². The van der Waals surface area contributed by atoms with Gasteiger partial charge in [-0.05, 0) is 42.3 Å². The third kappa shape index (κ3) is 3.64. The van der Waals surface area contributed by atoms with Crippen molar-refractivity contribution in [2.75, 3.05) is 25.4 Å². The minimum Gasteiger partial charge on any atom is -0.302 e. The minimum atomic E-state index is 0.540. The fourth-order valence-electron chi connectivity index (χ4n) is 4.06. The lowest BCUT2D eigenvalue weighted by atomic mass is 9.74. The molecule has 1 saturated carbocycles. The Kier molecular flexibility index (Phi) is 4.82. The first-order valence-corrected chi connectivity index (χ1v) is 8.10. The van der Waals surface area contributed by atoms with Crippen LogP contribution in [0.5, 0.6) is 0 Å². The van der Waals surface area contributed by atoms with Crippen LogP contribution in [-0.4, -0.2) is 30.3 Å². The standard InChI is InChI=1S/C15H29NS/c1-13-8-14(2)10-16(9-13)11-15(12-17)6-4-3-5-7-15/h13-14,17H,3-12H2,1-2H3. The van der Waals surface area contributed by atoms with Gasteiger partial charge in [-0.25, -0.2) is 0 Å². The van der Waals surface area contributed by atoms with Crippen LogP contribution in [0.1, 0.15) is 52.4 Å². The van der Waals surface area contributed by atoms with Crippen molar-refractivity contribution in [3.8, 4) is 0 Å². The predicted molar refractivity (Wildman–Crippen MR) is 78.8 cm³/mol. The molecule has 100 valence electrons. The average Bonchev–Trinajstić information content (AvgIpc) is 2.29. The van der Waals surface area contributed by atoms with Crippen molar-refractivity contribution in [1.82, 2.24) is 4.90 Å². The summed E-state index contributed by atoms with van der Waals surface area (Å²) in [6.45, 7) is 8.78. The first-order valence-electron chi connectivity index (χ1n) is 7.47. The molecule has 1 nitrogen and oxygen atoms in total. The summed E-state index contributed by atoms with van der Waals surface area (Å²) in [4.78, 5) is 2.74. The van der Waals surface area contributed by atoms with Crippen LogP contribution in [0.25, 0.3) is 0 Å². The van der Waals surface area contributed by atoms with Crippen LogP contribution in [0.15, 0.2) is 0 Å². The number of thiol groups is 1. The van der Waals surface area contributed by atoms with Gasteiger partial charge in [0.15, 0.2) is 0 Å². The molecule has 2 heteroatoms. The first-order chi connectivity index (χ1) is 8.13. The summed E-state index contributed by atoms with van der Waals surface area (Å²) in [7, 11) is 0. The van der Waals surface area contributed by atoms with Gasteiger partial charge < -0.3 is 4.90 Å². The lowest BCUT2D eigenvalue weighted by Gasteiger charge is -2.44. The van der Waals surface area contributed by atoms with E-state index < -0.39 is 0 Å². The van der Waals surface area contributed by atoms with E-state index in [9.17, 15) is 0 Å². The average molecular weight is 255 g/mol. The van der Waals surface area contributed by atoms with E-state index >= 15 is 0 Å². The molecule has 2 rings (SSSR count). The van der Waals surface area contributed by atoms with E-state index in [1.165, 1.54) is 58.2 Å². The van der Waals surface area contributed by atoms with Gasteiger partial charge in [-0.1, -0.05) is 33.1 Å². The molecule has 0 aromatic heterocycles. The Balaban J connectivity index is 1.93. The smallest absolute Gasteiger partial charge is 0.00460 e. The second-order valence-corrected chi connectivity index (χ2v) is 7.18. The normalized spacial score (nSPS) is 34.8. The Bertz CT molecular complexity index is 225. The van der Waals surface area contributed by atoms with Crippen molar-refractivity contribution in [1.29, 1.82) is 0 Å². The Morgan fingerprint density at radius 1 is 1.06 bits per heavy atom. The molecule has 0 spiro atoms. The van der Waals surface area contributed by atoms with Gasteiger partial charge in [-0.15, -0.1) is 0 Å². The molecule has 0 radical (unpaired) electrons. The van der Waals surface area contributed by atoms with E-state index in [0.29, 0.717) is 5.41 Å². The Hall–Kier alpha value is 0.310. The molecule has 2 atom stereocenters. The van der Waals surface area contributed by atoms with Crippen molar-refractivity contribution in [2.45, 2.75) is 52.4 Å². The topological polar surface area (TPSA) is 3.24 Å². The number of likely N-dealkylation sites (tertiary alicyclic amines) is 1. The Labute approximate surface area is 113 Å². The Morgan fingerprint density at radius 2 is 1.65 bits per heavy atom. The van der Waals surface area contributed by atoms with Crippen LogP contribution >= 0.6 is 12.6 Å². The van der Waals surface area contributed by atoms with E-state index in [2.05, 4.69) is 31.4 Å². The molecule has 0 aromatic rings. The molecular formula is C15H29NS. The quantitative estimate of drug-likeness (QED) is 0.750. The molecule has 0 aromatic carbocycles. The maximum Gasteiger partial charge on any atom is 0.00460 e. The van der Waals surface area contributed by atoms with E-state index in [1.54, 1.807) is 0 Å². The number of piperidine rings is 1. The molecule has 1 aliphatic heterocycles. The van der Waals surface area contributed by atoms with E-state index in [0.717, 1.165) is 17.6 Å². The van der Waals surface area contributed by atoms with Crippen molar-refractivity contribution in [3.63, 3.8) is 0 Å². The van der Waals surface area contributed by atoms with Gasteiger partial charge in [0, 0.05) is 19.6 Å². The maximum absolute atomic E-state index is 4.67. The summed E-state index contributed by atoms with van der Waals surface area (Å²) in [5.41, 5.74) is 0.540. The SMILES string of the molecule is CC1CC(C)CN(CC2(CS)CCCCC2)C1. The van der Waals surface area contributed by atoms with E-state index in [1.807, 2.05) is 0 Å². The highest BCUT2D eigenvalue weighted by Crippen LogP contribution is 2.39. The third-order valence-corrected chi connectivity index (χ3v) is 5.42. The summed E-state index contributed by atoms with van der Waals surface area (Å²) < 4.78 is 0. The molecule has 2 fully saturated rings. The Morgan fingerprint density at radius 3 is 2.18 bits per heavy atom. The highest BCUT2D eigenvalue weighted by atomic mass is 32.1. The lowest BCUT2D eigenvalue weighted by molar-refractivity contribution is 0.0722. The summed E-state index contributed by atoms with van der Waals surface area (Å²) in [6, 6.07) is 0. The molecule has 17 heavy (non-hydrogen) atoms. The third-order valence-electron chi connectivity index (χ3n) is 4.75. The maximum atomic E-state index is 4.67. The van der Waals surface area contributed by atoms with Crippen molar-refractivity contribution >= 4 is 12.6 Å². The zero-order chi connectivity index (χ0) is 12.3. The fourth-order valence-corrected chi connectivity index (χ4v) is 4.48. The van der Waals surface area contributed by atoms with Gasteiger partial charge in [0.05, 0.1) is 0 Å². The number of hydrogen-bond acceptors (Lipinski definition) is 2. The van der Waals surface area contributed by atoms with E-state index in [4.69, 9.17) is 0 Å². The molecule has 1 heterocycles. The molecule has 0 N–H and O–H groups in total. The van der Waals surface area contributed by atoms with Crippen molar-refractivity contribution in [2.24, 2.45) is 17.3 Å². The van der Waals surface area contributed by atoms with Crippen LogP contribution < -0.4 is 0 Å². The van der Waals surface area contributed by atoms with Gasteiger partial charge >= 0.3 is 0 Å². The summed E-state index contributed by atoms with van der Waals surface area (Å²) >= 11 is 4.67. The van der Waals surface area contributed by atoms with Gasteiger partial charge in [-0.2, -0.15) is 12.6 Å².